The molecule has 0 aromatic heterocycles. The Bertz CT molecular complexity index is 906. The van der Waals surface area contributed by atoms with E-state index in [1.165, 1.54) is 154 Å². The lowest BCUT2D eigenvalue weighted by Gasteiger charge is -2.22. The summed E-state index contributed by atoms with van der Waals surface area (Å²) in [6.07, 6.45) is 42.4. The summed E-state index contributed by atoms with van der Waals surface area (Å²) in [5, 5.41) is 23.4. The smallest absolute Gasteiger partial charge is 0.267 e. The normalized spacial score (nSPS) is 14.1. The van der Waals surface area contributed by atoms with Gasteiger partial charge in [-0.2, -0.15) is 8.42 Å². The minimum atomic E-state index is -4.45. The lowest BCUT2D eigenvalue weighted by atomic mass is 10.0. The molecule has 7 nitrogen and oxygen atoms in total. The van der Waals surface area contributed by atoms with Crippen molar-refractivity contribution in [3.63, 3.8) is 0 Å². The van der Waals surface area contributed by atoms with Gasteiger partial charge in [-0.05, 0) is 32.1 Å². The van der Waals surface area contributed by atoms with Crippen molar-refractivity contribution in [3.05, 3.63) is 24.3 Å². The molecule has 0 saturated heterocycles. The third-order valence-electron chi connectivity index (χ3n) is 9.74. The van der Waals surface area contributed by atoms with Gasteiger partial charge in [0.2, 0.25) is 5.91 Å². The molecule has 0 aliphatic carbocycles. The van der Waals surface area contributed by atoms with E-state index in [4.69, 9.17) is 0 Å². The average molecular weight is 728 g/mol. The molecule has 0 spiro atoms. The zero-order chi connectivity index (χ0) is 37.0. The number of hydrogen-bond acceptors (Lipinski definition) is 5. The molecule has 8 heteroatoms. The molecule has 3 atom stereocenters. The first-order valence-corrected chi connectivity index (χ1v) is 22.8. The van der Waals surface area contributed by atoms with Crippen LogP contribution < -0.4 is 5.32 Å². The zero-order valence-corrected chi connectivity index (χ0v) is 33.5. The Morgan fingerprint density at radius 3 is 1.32 bits per heavy atom. The van der Waals surface area contributed by atoms with Crippen molar-refractivity contribution >= 4 is 16.0 Å². The average Bonchev–Trinajstić information content (AvgIpc) is 3.08. The second kappa shape index (κ2) is 36.2. The largest absolute Gasteiger partial charge is 0.387 e. The highest BCUT2D eigenvalue weighted by molar-refractivity contribution is 7.85. The van der Waals surface area contributed by atoms with Gasteiger partial charge in [0.25, 0.3) is 10.1 Å². The van der Waals surface area contributed by atoms with Gasteiger partial charge in [0, 0.05) is 0 Å². The molecule has 0 fully saturated rings. The van der Waals surface area contributed by atoms with Crippen LogP contribution in [0, 0.1) is 0 Å². The Hall–Kier alpha value is -1.22. The number of amides is 1. The number of aliphatic hydroxyl groups is 2. The fourth-order valence-electron chi connectivity index (χ4n) is 6.47. The lowest BCUT2D eigenvalue weighted by Crippen LogP contribution is -2.50. The van der Waals surface area contributed by atoms with Crippen LogP contribution in [0.15, 0.2) is 24.3 Å². The molecular formula is C42H81NO6S. The van der Waals surface area contributed by atoms with Crippen LogP contribution in [0.4, 0.5) is 0 Å². The highest BCUT2D eigenvalue weighted by atomic mass is 32.2. The topological polar surface area (TPSA) is 124 Å². The molecule has 1 amide bonds. The van der Waals surface area contributed by atoms with Gasteiger partial charge in [-0.25, -0.2) is 0 Å². The molecule has 0 aliphatic heterocycles. The van der Waals surface area contributed by atoms with E-state index in [1.54, 1.807) is 6.08 Å². The molecule has 296 valence electrons. The van der Waals surface area contributed by atoms with E-state index >= 15 is 0 Å². The van der Waals surface area contributed by atoms with Gasteiger partial charge in [0.05, 0.1) is 17.9 Å². The highest BCUT2D eigenvalue weighted by Crippen LogP contribution is 2.15. The number of hydrogen-bond donors (Lipinski definition) is 4. The van der Waals surface area contributed by atoms with Crippen molar-refractivity contribution < 1.29 is 28.0 Å². The van der Waals surface area contributed by atoms with Crippen LogP contribution in [0.25, 0.3) is 0 Å². The fourth-order valence-corrected chi connectivity index (χ4v) is 7.21. The maximum atomic E-state index is 12.6. The van der Waals surface area contributed by atoms with Gasteiger partial charge < -0.3 is 15.5 Å². The SMILES string of the molecule is CCCCCCCCCCCCCCC/C=C/CC/C=C/C(O)C(CS(=O)(=O)O)NC(=O)C(O)CCCCCCCCCCCCCCCC. The number of allylic oxidation sites excluding steroid dienone is 3. The number of aliphatic hydroxyl groups excluding tert-OH is 2. The third kappa shape index (κ3) is 35.2. The molecule has 3 unspecified atom stereocenters. The second-order valence-electron chi connectivity index (χ2n) is 14.8. The molecule has 4 N–H and O–H groups in total. The molecule has 0 heterocycles. The summed E-state index contributed by atoms with van der Waals surface area (Å²) >= 11 is 0. The lowest BCUT2D eigenvalue weighted by molar-refractivity contribution is -0.130. The Morgan fingerprint density at radius 1 is 0.540 bits per heavy atom. The predicted molar refractivity (Wildman–Crippen MR) is 213 cm³/mol. The van der Waals surface area contributed by atoms with Crippen molar-refractivity contribution in [3.8, 4) is 0 Å². The third-order valence-corrected chi connectivity index (χ3v) is 10.5. The molecule has 0 aromatic carbocycles. The first-order chi connectivity index (χ1) is 24.2. The summed E-state index contributed by atoms with van der Waals surface area (Å²) in [6, 6.07) is -1.24. The van der Waals surface area contributed by atoms with Crippen LogP contribution in [0.5, 0.6) is 0 Å². The zero-order valence-electron chi connectivity index (χ0n) is 32.6. The Kier molecular flexibility index (Phi) is 35.3. The standard InChI is InChI=1S/C42H81NO6S/c1-3-5-7-9-11-13-15-17-19-20-21-22-23-25-26-28-30-32-34-36-40(44)39(38-50(47,48)49)43-42(46)41(45)37-35-33-31-29-27-24-18-16-14-12-10-8-6-4-2/h26,28,34,36,39-41,44-45H,3-25,27,29-33,35,37-38H2,1-2H3,(H,43,46)(H,47,48,49)/b28-26+,36-34+. The quantitative estimate of drug-likeness (QED) is 0.0285. The molecule has 50 heavy (non-hydrogen) atoms. The highest BCUT2D eigenvalue weighted by Gasteiger charge is 2.27. The minimum absolute atomic E-state index is 0.278. The van der Waals surface area contributed by atoms with E-state index in [9.17, 15) is 28.0 Å². The number of rotatable bonds is 38. The summed E-state index contributed by atoms with van der Waals surface area (Å²) in [4.78, 5) is 12.6. The van der Waals surface area contributed by atoms with Crippen molar-refractivity contribution in [2.75, 3.05) is 5.75 Å². The van der Waals surface area contributed by atoms with Gasteiger partial charge in [-0.15, -0.1) is 0 Å². The number of carbonyl (C=O) groups excluding carboxylic acids is 1. The van der Waals surface area contributed by atoms with Crippen LogP contribution in [-0.4, -0.2) is 53.1 Å². The minimum Gasteiger partial charge on any atom is -0.387 e. The predicted octanol–water partition coefficient (Wildman–Crippen LogP) is 11.3. The van der Waals surface area contributed by atoms with Gasteiger partial charge in [0.1, 0.15) is 6.10 Å². The molecule has 0 bridgehead atoms. The first-order valence-electron chi connectivity index (χ1n) is 21.1. The molecule has 0 saturated carbocycles. The molecule has 0 rings (SSSR count). The summed E-state index contributed by atoms with van der Waals surface area (Å²) in [5.74, 6) is -1.55. The fraction of sp³-hybridized carbons (Fsp3) is 0.881. The summed E-state index contributed by atoms with van der Waals surface area (Å²) in [5.41, 5.74) is 0. The van der Waals surface area contributed by atoms with E-state index < -0.39 is 40.0 Å². The Labute approximate surface area is 309 Å². The summed E-state index contributed by atoms with van der Waals surface area (Å²) < 4.78 is 32.5. The maximum absolute atomic E-state index is 12.6. The first kappa shape index (κ1) is 48.8. The van der Waals surface area contributed by atoms with Gasteiger partial charge in [-0.3, -0.25) is 9.35 Å². The Balaban J connectivity index is 4.05. The van der Waals surface area contributed by atoms with Crippen molar-refractivity contribution in [2.24, 2.45) is 0 Å². The molecule has 0 aromatic rings. The molecule has 0 radical (unpaired) electrons. The van der Waals surface area contributed by atoms with E-state index in [2.05, 4.69) is 31.3 Å². The van der Waals surface area contributed by atoms with Crippen molar-refractivity contribution in [2.45, 2.75) is 231 Å². The van der Waals surface area contributed by atoms with E-state index in [0.717, 1.165) is 32.1 Å². The number of carbonyl (C=O) groups is 1. The van der Waals surface area contributed by atoms with Crippen LogP contribution >= 0.6 is 0 Å². The van der Waals surface area contributed by atoms with E-state index in [1.807, 2.05) is 0 Å². The van der Waals surface area contributed by atoms with Crippen LogP contribution in [0.2, 0.25) is 0 Å². The van der Waals surface area contributed by atoms with Gasteiger partial charge in [-0.1, -0.05) is 205 Å². The molecular weight excluding hydrogens is 647 g/mol. The summed E-state index contributed by atoms with van der Waals surface area (Å²) in [6.45, 7) is 4.51. The van der Waals surface area contributed by atoms with Crippen molar-refractivity contribution in [1.29, 1.82) is 0 Å². The monoisotopic (exact) mass is 728 g/mol. The van der Waals surface area contributed by atoms with E-state index in [0.29, 0.717) is 12.8 Å². The van der Waals surface area contributed by atoms with Gasteiger partial charge >= 0.3 is 0 Å². The van der Waals surface area contributed by atoms with Crippen LogP contribution in [0.3, 0.4) is 0 Å². The van der Waals surface area contributed by atoms with Crippen molar-refractivity contribution in [1.82, 2.24) is 5.32 Å². The summed E-state index contributed by atoms with van der Waals surface area (Å²) in [7, 11) is -4.45. The maximum Gasteiger partial charge on any atom is 0.267 e. The number of unbranched alkanes of at least 4 members (excludes halogenated alkanes) is 27. The second-order valence-corrected chi connectivity index (χ2v) is 16.3. The van der Waals surface area contributed by atoms with Crippen LogP contribution in [0.1, 0.15) is 213 Å². The Morgan fingerprint density at radius 2 is 0.900 bits per heavy atom. The van der Waals surface area contributed by atoms with E-state index in [-0.39, 0.29) is 6.42 Å². The van der Waals surface area contributed by atoms with Crippen LogP contribution in [-0.2, 0) is 14.9 Å². The van der Waals surface area contributed by atoms with Gasteiger partial charge in [0.15, 0.2) is 0 Å². The molecule has 0 aliphatic rings. The number of nitrogens with one attached hydrogen (secondary N) is 1.